The van der Waals surface area contributed by atoms with Crippen molar-refractivity contribution in [1.82, 2.24) is 14.9 Å². The second-order valence-electron chi connectivity index (χ2n) is 9.45. The highest BCUT2D eigenvalue weighted by molar-refractivity contribution is 7.85. The average molecular weight is 418 g/mol. The molecular weight excluding hydrogens is 390 g/mol. The summed E-state index contributed by atoms with van der Waals surface area (Å²) in [4.78, 5) is 13.0. The summed E-state index contributed by atoms with van der Waals surface area (Å²) in [7, 11) is -3.55. The first kappa shape index (κ1) is 19.1. The van der Waals surface area contributed by atoms with E-state index in [1.54, 1.807) is 28.9 Å². The molecule has 6 rings (SSSR count). The number of carbonyl (C=O) groups excluding carboxylic acids is 1. The molecule has 2 aromatic rings. The first-order valence-corrected chi connectivity index (χ1v) is 12.2. The van der Waals surface area contributed by atoms with Crippen LogP contribution in [0.25, 0.3) is 5.52 Å². The third-order valence-corrected chi connectivity index (χ3v) is 7.55. The van der Waals surface area contributed by atoms with Gasteiger partial charge in [0.15, 0.2) is 0 Å². The molecule has 1 N–H and O–H groups in total. The van der Waals surface area contributed by atoms with E-state index in [2.05, 4.69) is 10.4 Å². The Morgan fingerprint density at radius 3 is 2.52 bits per heavy atom. The molecule has 0 unspecified atom stereocenters. The van der Waals surface area contributed by atoms with Gasteiger partial charge in [-0.15, -0.1) is 0 Å². The predicted octanol–water partition coefficient (Wildman–Crippen LogP) is 2.76. The second-order valence-corrected chi connectivity index (χ2v) is 11.1. The summed E-state index contributed by atoms with van der Waals surface area (Å²) < 4.78 is 28.9. The zero-order chi connectivity index (χ0) is 20.2. The van der Waals surface area contributed by atoms with Crippen LogP contribution in [0.3, 0.4) is 0 Å². The van der Waals surface area contributed by atoms with E-state index in [9.17, 15) is 13.2 Å². The molecule has 1 amide bonds. The topological polar surface area (TPSA) is 89.8 Å². The normalized spacial score (nSPS) is 30.7. The third-order valence-electron chi connectivity index (χ3n) is 7.01. The van der Waals surface area contributed by atoms with Crippen molar-refractivity contribution in [2.75, 3.05) is 12.8 Å². The molecule has 4 saturated carbocycles. The van der Waals surface area contributed by atoms with Crippen LogP contribution < -0.4 is 5.32 Å². The molecule has 8 heteroatoms. The van der Waals surface area contributed by atoms with Crippen LogP contribution in [-0.2, 0) is 20.9 Å². The molecular formula is C21H27N3O4S. The molecule has 4 bridgehead atoms. The lowest BCUT2D eigenvalue weighted by atomic mass is 9.49. The van der Waals surface area contributed by atoms with Gasteiger partial charge < -0.3 is 5.32 Å². The van der Waals surface area contributed by atoms with Gasteiger partial charge in [-0.2, -0.15) is 13.5 Å². The van der Waals surface area contributed by atoms with Crippen LogP contribution in [0.1, 0.15) is 54.6 Å². The minimum atomic E-state index is -3.55. The van der Waals surface area contributed by atoms with Gasteiger partial charge in [0.2, 0.25) is 0 Å². The molecule has 0 saturated heterocycles. The van der Waals surface area contributed by atoms with Crippen molar-refractivity contribution in [2.24, 2.45) is 23.2 Å². The van der Waals surface area contributed by atoms with Crippen molar-refractivity contribution in [3.8, 4) is 0 Å². The Balaban J connectivity index is 1.31. The van der Waals surface area contributed by atoms with Crippen LogP contribution in [-0.4, -0.2) is 36.7 Å². The Hall–Kier alpha value is -1.93. The Morgan fingerprint density at radius 1 is 1.24 bits per heavy atom. The lowest BCUT2D eigenvalue weighted by Crippen LogP contribution is -2.51. The van der Waals surface area contributed by atoms with Gasteiger partial charge in [-0.1, -0.05) is 0 Å². The summed E-state index contributed by atoms with van der Waals surface area (Å²) in [6.07, 6.45) is 10.7. The van der Waals surface area contributed by atoms with Crippen molar-refractivity contribution in [2.45, 2.75) is 45.1 Å². The SMILES string of the molecule is CS(=O)(=O)OCc1cc2c(C(=O)NCC34CC5CC(CC(C5)C3)C4)cccn2n1. The van der Waals surface area contributed by atoms with Crippen LogP contribution in [0, 0.1) is 23.2 Å². The van der Waals surface area contributed by atoms with E-state index < -0.39 is 10.1 Å². The van der Waals surface area contributed by atoms with E-state index in [0.717, 1.165) is 30.6 Å². The quantitative estimate of drug-likeness (QED) is 0.730. The summed E-state index contributed by atoms with van der Waals surface area (Å²) in [6, 6.07) is 5.28. The maximum Gasteiger partial charge on any atom is 0.264 e. The predicted molar refractivity (Wildman–Crippen MR) is 108 cm³/mol. The molecule has 4 aliphatic rings. The number of carbonyl (C=O) groups is 1. The lowest BCUT2D eigenvalue weighted by Gasteiger charge is -2.56. The number of aromatic nitrogens is 2. The van der Waals surface area contributed by atoms with Gasteiger partial charge in [-0.05, 0) is 79.9 Å². The van der Waals surface area contributed by atoms with Crippen LogP contribution in [0.4, 0.5) is 0 Å². The zero-order valence-electron chi connectivity index (χ0n) is 16.6. The maximum absolute atomic E-state index is 13.0. The Morgan fingerprint density at radius 2 is 1.90 bits per heavy atom. The van der Waals surface area contributed by atoms with E-state index in [1.165, 1.54) is 38.5 Å². The standard InChI is InChI=1S/C21H27N3O4S/c1-29(26,27)28-12-17-8-19-18(3-2-4-24(19)23-17)20(25)22-13-21-9-14-5-15(10-21)7-16(6-14)11-21/h2-4,8,14-16H,5-7,9-13H2,1H3,(H,22,25). The monoisotopic (exact) mass is 417 g/mol. The Labute approximate surface area is 170 Å². The third kappa shape index (κ3) is 3.80. The smallest absolute Gasteiger partial charge is 0.264 e. The first-order chi connectivity index (χ1) is 13.8. The van der Waals surface area contributed by atoms with Crippen molar-refractivity contribution in [3.63, 3.8) is 0 Å². The minimum absolute atomic E-state index is 0.0955. The molecule has 0 spiro atoms. The van der Waals surface area contributed by atoms with Gasteiger partial charge >= 0.3 is 0 Å². The van der Waals surface area contributed by atoms with Gasteiger partial charge in [0.25, 0.3) is 16.0 Å². The van der Waals surface area contributed by atoms with Gasteiger partial charge in [0, 0.05) is 12.7 Å². The molecule has 0 atom stereocenters. The summed E-state index contributed by atoms with van der Waals surface area (Å²) in [5.74, 6) is 2.47. The number of pyridine rings is 1. The molecule has 0 aliphatic heterocycles. The molecule has 29 heavy (non-hydrogen) atoms. The van der Waals surface area contributed by atoms with Crippen LogP contribution >= 0.6 is 0 Å². The van der Waals surface area contributed by atoms with Gasteiger partial charge in [-0.3, -0.25) is 8.98 Å². The van der Waals surface area contributed by atoms with E-state index in [0.29, 0.717) is 16.8 Å². The fourth-order valence-corrected chi connectivity index (χ4v) is 6.70. The van der Waals surface area contributed by atoms with E-state index in [4.69, 9.17) is 4.18 Å². The van der Waals surface area contributed by atoms with Gasteiger partial charge in [-0.25, -0.2) is 4.52 Å². The number of nitrogens with one attached hydrogen (secondary N) is 1. The van der Waals surface area contributed by atoms with Crippen molar-refractivity contribution in [3.05, 3.63) is 35.7 Å². The zero-order valence-corrected chi connectivity index (χ0v) is 17.5. The second kappa shape index (κ2) is 6.80. The number of nitrogens with zero attached hydrogens (tertiary/aromatic N) is 2. The van der Waals surface area contributed by atoms with Crippen molar-refractivity contribution in [1.29, 1.82) is 0 Å². The van der Waals surface area contributed by atoms with Crippen molar-refractivity contribution >= 4 is 21.5 Å². The summed E-state index contributed by atoms with van der Waals surface area (Å²) in [5.41, 5.74) is 1.96. The van der Waals surface area contributed by atoms with Crippen LogP contribution in [0.15, 0.2) is 24.4 Å². The summed E-state index contributed by atoms with van der Waals surface area (Å²) in [6.45, 7) is 0.601. The first-order valence-electron chi connectivity index (χ1n) is 10.4. The number of rotatable bonds is 6. The number of hydrogen-bond acceptors (Lipinski definition) is 5. The highest BCUT2D eigenvalue weighted by Crippen LogP contribution is 2.59. The molecule has 2 heterocycles. The lowest BCUT2D eigenvalue weighted by molar-refractivity contribution is -0.0503. The van der Waals surface area contributed by atoms with E-state index in [1.807, 2.05) is 0 Å². The van der Waals surface area contributed by atoms with E-state index in [-0.39, 0.29) is 17.9 Å². The number of fused-ring (bicyclic) bond motifs is 1. The molecule has 4 aliphatic carbocycles. The fraction of sp³-hybridized carbons (Fsp3) is 0.619. The van der Waals surface area contributed by atoms with Crippen molar-refractivity contribution < 1.29 is 17.4 Å². The summed E-state index contributed by atoms with van der Waals surface area (Å²) >= 11 is 0. The highest BCUT2D eigenvalue weighted by atomic mass is 32.2. The molecule has 2 aromatic heterocycles. The molecule has 0 radical (unpaired) electrons. The molecule has 0 aromatic carbocycles. The molecule has 7 nitrogen and oxygen atoms in total. The number of hydrogen-bond donors (Lipinski definition) is 1. The largest absolute Gasteiger partial charge is 0.351 e. The Bertz CT molecular complexity index is 1020. The Kier molecular flexibility index (Phi) is 4.47. The molecule has 156 valence electrons. The van der Waals surface area contributed by atoms with Crippen LogP contribution in [0.5, 0.6) is 0 Å². The fourth-order valence-electron chi connectivity index (χ4n) is 6.37. The van der Waals surface area contributed by atoms with Gasteiger partial charge in [0.05, 0.1) is 23.0 Å². The minimum Gasteiger partial charge on any atom is -0.351 e. The van der Waals surface area contributed by atoms with Crippen LogP contribution in [0.2, 0.25) is 0 Å². The number of amides is 1. The highest BCUT2D eigenvalue weighted by Gasteiger charge is 2.50. The van der Waals surface area contributed by atoms with Gasteiger partial charge in [0.1, 0.15) is 6.61 Å². The summed E-state index contributed by atoms with van der Waals surface area (Å²) in [5, 5.41) is 7.53. The average Bonchev–Trinajstić information content (AvgIpc) is 3.06. The van der Waals surface area contributed by atoms with E-state index >= 15 is 0 Å². The molecule has 4 fully saturated rings. The maximum atomic E-state index is 13.0.